The van der Waals surface area contributed by atoms with Crippen molar-refractivity contribution in [3.63, 3.8) is 0 Å². The lowest BCUT2D eigenvalue weighted by atomic mass is 10.1. The summed E-state index contributed by atoms with van der Waals surface area (Å²) in [6, 6.07) is 13.1. The van der Waals surface area contributed by atoms with Gasteiger partial charge < -0.3 is 20.6 Å². The van der Waals surface area contributed by atoms with E-state index in [9.17, 15) is 9.59 Å². The third-order valence-electron chi connectivity index (χ3n) is 5.52. The minimum atomic E-state index is -0.705. The van der Waals surface area contributed by atoms with Gasteiger partial charge in [0.25, 0.3) is 11.5 Å². The summed E-state index contributed by atoms with van der Waals surface area (Å²) in [4.78, 5) is 34.1. The van der Waals surface area contributed by atoms with Gasteiger partial charge in [-0.15, -0.1) is 0 Å². The number of H-pyrrole nitrogens is 2. The van der Waals surface area contributed by atoms with E-state index in [2.05, 4.69) is 51.9 Å². The highest BCUT2D eigenvalue weighted by atomic mass is 16.1. The van der Waals surface area contributed by atoms with Crippen molar-refractivity contribution in [3.05, 3.63) is 58.0 Å². The molecule has 1 aliphatic heterocycles. The summed E-state index contributed by atoms with van der Waals surface area (Å²) in [5.41, 5.74) is 8.12. The monoisotopic (exact) mass is 378 g/mol. The van der Waals surface area contributed by atoms with Crippen molar-refractivity contribution < 1.29 is 4.79 Å². The van der Waals surface area contributed by atoms with Crippen LogP contribution in [0.25, 0.3) is 22.2 Å². The van der Waals surface area contributed by atoms with Crippen molar-refractivity contribution in [2.75, 3.05) is 26.7 Å². The zero-order valence-electron chi connectivity index (χ0n) is 16.1. The van der Waals surface area contributed by atoms with Gasteiger partial charge in [0.2, 0.25) is 0 Å². The van der Waals surface area contributed by atoms with Crippen molar-refractivity contribution in [2.24, 2.45) is 5.73 Å². The molecule has 3 heterocycles. The Morgan fingerprint density at radius 1 is 1.29 bits per heavy atom. The first-order valence-electron chi connectivity index (χ1n) is 9.40. The van der Waals surface area contributed by atoms with Crippen LogP contribution in [0.2, 0.25) is 0 Å². The van der Waals surface area contributed by atoms with Crippen LogP contribution >= 0.6 is 0 Å². The average Bonchev–Trinajstić information content (AvgIpc) is 3.07. The van der Waals surface area contributed by atoms with E-state index in [0.29, 0.717) is 17.3 Å². The smallest absolute Gasteiger partial charge is 0.265 e. The number of rotatable bonds is 4. The molecule has 1 atom stereocenters. The van der Waals surface area contributed by atoms with Crippen LogP contribution in [0.4, 0.5) is 0 Å². The number of carbonyl (C=O) groups excluding carboxylic acids is 1. The number of aromatic amines is 2. The van der Waals surface area contributed by atoms with Gasteiger partial charge in [-0.05, 0) is 43.8 Å². The number of piperazine rings is 1. The van der Waals surface area contributed by atoms with Gasteiger partial charge in [-0.1, -0.05) is 6.07 Å². The van der Waals surface area contributed by atoms with Crippen LogP contribution in [0.3, 0.4) is 0 Å². The maximum absolute atomic E-state index is 12.3. The SMILES string of the molecule is CC1CN(Cc2ccc3[nH]c(-c4c[c]c(C(N)=O)[nH]c4=O)cc3c2)CCN1C. The van der Waals surface area contributed by atoms with Gasteiger partial charge in [0, 0.05) is 49.2 Å². The Hall–Kier alpha value is -2.90. The van der Waals surface area contributed by atoms with Crippen molar-refractivity contribution in [1.82, 2.24) is 19.8 Å². The zero-order chi connectivity index (χ0) is 19.8. The Labute approximate surface area is 163 Å². The number of nitrogens with two attached hydrogens (primary N) is 1. The van der Waals surface area contributed by atoms with Gasteiger partial charge in [0.15, 0.2) is 0 Å². The van der Waals surface area contributed by atoms with Crippen molar-refractivity contribution in [2.45, 2.75) is 19.5 Å². The quantitative estimate of drug-likeness (QED) is 0.642. The maximum Gasteiger partial charge on any atom is 0.265 e. The summed E-state index contributed by atoms with van der Waals surface area (Å²) < 4.78 is 0. The van der Waals surface area contributed by atoms with E-state index >= 15 is 0 Å². The van der Waals surface area contributed by atoms with Gasteiger partial charge in [-0.2, -0.15) is 0 Å². The fraction of sp³-hybridized carbons (Fsp3) is 0.333. The molecule has 28 heavy (non-hydrogen) atoms. The molecule has 145 valence electrons. The number of likely N-dealkylation sites (N-methyl/N-ethyl adjacent to an activating group) is 1. The predicted molar refractivity (Wildman–Crippen MR) is 109 cm³/mol. The van der Waals surface area contributed by atoms with Crippen molar-refractivity contribution >= 4 is 16.8 Å². The number of amides is 1. The molecule has 3 aromatic rings. The number of hydrogen-bond donors (Lipinski definition) is 3. The standard InChI is InChI=1S/C21H24N5O2/c1-13-11-26(8-7-25(13)2)12-14-3-5-17-15(9-14)10-19(23-17)16-4-6-18(20(22)27)24-21(16)28/h3-5,9-10,13,23H,7-8,11-12H2,1-2H3,(H2,22,27)(H,24,28). The van der Waals surface area contributed by atoms with Crippen LogP contribution in [0.5, 0.6) is 0 Å². The largest absolute Gasteiger partial charge is 0.364 e. The minimum Gasteiger partial charge on any atom is -0.364 e. The normalized spacial score (nSPS) is 18.6. The summed E-state index contributed by atoms with van der Waals surface area (Å²) >= 11 is 0. The Bertz CT molecular complexity index is 1080. The van der Waals surface area contributed by atoms with E-state index in [1.165, 1.54) is 11.6 Å². The fourth-order valence-corrected chi connectivity index (χ4v) is 3.71. The molecule has 0 aliphatic carbocycles. The van der Waals surface area contributed by atoms with Gasteiger partial charge in [-0.3, -0.25) is 14.5 Å². The number of nitrogens with one attached hydrogen (secondary N) is 2. The molecule has 0 bridgehead atoms. The molecule has 7 heteroatoms. The van der Waals surface area contributed by atoms with Crippen LogP contribution in [0.1, 0.15) is 23.0 Å². The molecule has 1 aliphatic rings. The van der Waals surface area contributed by atoms with E-state index in [-0.39, 0.29) is 11.3 Å². The molecule has 0 spiro atoms. The lowest BCUT2D eigenvalue weighted by molar-refractivity contribution is 0.0995. The lowest BCUT2D eigenvalue weighted by Gasteiger charge is -2.37. The molecule has 1 radical (unpaired) electrons. The molecule has 7 nitrogen and oxygen atoms in total. The van der Waals surface area contributed by atoms with Gasteiger partial charge in [0.1, 0.15) is 5.69 Å². The van der Waals surface area contributed by atoms with E-state index in [1.54, 1.807) is 0 Å². The molecule has 2 aromatic heterocycles. The summed E-state index contributed by atoms with van der Waals surface area (Å²) in [5, 5.41) is 1.05. The Kier molecular flexibility index (Phi) is 4.78. The molecule has 1 saturated heterocycles. The zero-order valence-corrected chi connectivity index (χ0v) is 16.1. The highest BCUT2D eigenvalue weighted by Gasteiger charge is 2.20. The number of carbonyl (C=O) groups is 1. The first kappa shape index (κ1) is 18.5. The Morgan fingerprint density at radius 2 is 2.11 bits per heavy atom. The molecule has 1 amide bonds. The number of primary amides is 1. The highest BCUT2D eigenvalue weighted by molar-refractivity contribution is 5.91. The van der Waals surface area contributed by atoms with E-state index in [4.69, 9.17) is 5.73 Å². The number of nitrogens with zero attached hydrogens (tertiary/aromatic N) is 2. The van der Waals surface area contributed by atoms with Crippen molar-refractivity contribution in [1.29, 1.82) is 0 Å². The van der Waals surface area contributed by atoms with Crippen molar-refractivity contribution in [3.8, 4) is 11.3 Å². The van der Waals surface area contributed by atoms with Crippen LogP contribution in [0.15, 0.2) is 35.1 Å². The molecule has 1 unspecified atom stereocenters. The Balaban J connectivity index is 1.59. The van der Waals surface area contributed by atoms with E-state index < -0.39 is 5.91 Å². The molecule has 0 saturated carbocycles. The number of aromatic nitrogens is 2. The summed E-state index contributed by atoms with van der Waals surface area (Å²) in [6.07, 6.45) is 0. The van der Waals surface area contributed by atoms with Gasteiger partial charge in [-0.25, -0.2) is 0 Å². The van der Waals surface area contributed by atoms with Gasteiger partial charge >= 0.3 is 0 Å². The summed E-state index contributed by atoms with van der Waals surface area (Å²) in [5.74, 6) is -0.705. The first-order valence-corrected chi connectivity index (χ1v) is 9.40. The molecule has 1 aromatic carbocycles. The number of hydrogen-bond acceptors (Lipinski definition) is 4. The van der Waals surface area contributed by atoms with Crippen LogP contribution in [0, 0.1) is 6.07 Å². The van der Waals surface area contributed by atoms with Crippen LogP contribution in [-0.4, -0.2) is 58.4 Å². The minimum absolute atomic E-state index is 0.0199. The highest BCUT2D eigenvalue weighted by Crippen LogP contribution is 2.24. The van der Waals surface area contributed by atoms with E-state index in [1.807, 2.05) is 12.1 Å². The number of pyridine rings is 1. The molecular formula is C21H24N5O2. The summed E-state index contributed by atoms with van der Waals surface area (Å²) in [7, 11) is 2.17. The first-order chi connectivity index (χ1) is 13.4. The second-order valence-electron chi connectivity index (χ2n) is 7.57. The lowest BCUT2D eigenvalue weighted by Crippen LogP contribution is -2.49. The third kappa shape index (κ3) is 3.58. The Morgan fingerprint density at radius 3 is 2.82 bits per heavy atom. The molecular weight excluding hydrogens is 354 g/mol. The fourth-order valence-electron chi connectivity index (χ4n) is 3.71. The number of fused-ring (bicyclic) bond motifs is 1. The van der Waals surface area contributed by atoms with E-state index in [0.717, 1.165) is 37.1 Å². The second kappa shape index (κ2) is 7.26. The second-order valence-corrected chi connectivity index (χ2v) is 7.57. The number of benzene rings is 1. The predicted octanol–water partition coefficient (Wildman–Crippen LogP) is 1.56. The van der Waals surface area contributed by atoms with Crippen LogP contribution < -0.4 is 11.3 Å². The molecule has 1 fully saturated rings. The summed E-state index contributed by atoms with van der Waals surface area (Å²) in [6.45, 7) is 6.37. The maximum atomic E-state index is 12.3. The molecule has 4 rings (SSSR count). The third-order valence-corrected chi connectivity index (χ3v) is 5.52. The topological polar surface area (TPSA) is 98.2 Å². The molecule has 4 N–H and O–H groups in total. The average molecular weight is 378 g/mol. The van der Waals surface area contributed by atoms with Crippen LogP contribution in [-0.2, 0) is 6.54 Å². The van der Waals surface area contributed by atoms with Gasteiger partial charge in [0.05, 0.1) is 11.3 Å².